The van der Waals surface area contributed by atoms with Crippen molar-refractivity contribution in [3.63, 3.8) is 0 Å². The molecule has 2 N–H and O–H groups in total. The Hall–Kier alpha value is -0.340. The molecule has 4 aliphatic carbocycles. The van der Waals surface area contributed by atoms with Gasteiger partial charge in [0.05, 0.1) is 11.7 Å². The van der Waals surface area contributed by atoms with Gasteiger partial charge < -0.3 is 10.2 Å². The highest BCUT2D eigenvalue weighted by atomic mass is 16.3. The van der Waals surface area contributed by atoms with Gasteiger partial charge in [0, 0.05) is 0 Å². The second kappa shape index (κ2) is 7.97. The van der Waals surface area contributed by atoms with Crippen molar-refractivity contribution in [1.82, 2.24) is 0 Å². The molecule has 29 heavy (non-hydrogen) atoms. The molecule has 3 fully saturated rings. The van der Waals surface area contributed by atoms with Gasteiger partial charge in [0.15, 0.2) is 0 Å². The number of unbranched alkanes of at least 4 members (excludes halogenated alkanes) is 3. The summed E-state index contributed by atoms with van der Waals surface area (Å²) in [4.78, 5) is 0. The third kappa shape index (κ3) is 3.65. The van der Waals surface area contributed by atoms with E-state index >= 15 is 0 Å². The summed E-state index contributed by atoms with van der Waals surface area (Å²) in [6, 6.07) is 0. The predicted octanol–water partition coefficient (Wildman–Crippen LogP) is 6.65. The number of rotatable bonds is 6. The molecule has 0 spiro atoms. The Balaban J connectivity index is 1.51. The third-order valence-corrected chi connectivity index (χ3v) is 10.4. The standard InChI is InChI=1S/C27H46O2/c1-5-6-7-8-15-27(4,29)24-12-11-22-21-10-9-19-18-20(28)13-16-25(19,2)23(21)14-17-26(22,24)3/h9,20-24,28-29H,5-8,10-18H2,1-4H3/t20-,21?,22?,23?,24-,25-,26-,27?/m0/s1. The van der Waals surface area contributed by atoms with Crippen LogP contribution in [-0.4, -0.2) is 21.9 Å². The van der Waals surface area contributed by atoms with E-state index in [9.17, 15) is 10.2 Å². The van der Waals surface area contributed by atoms with E-state index in [0.717, 1.165) is 37.0 Å². The molecule has 2 heteroatoms. The van der Waals surface area contributed by atoms with E-state index in [1.54, 1.807) is 5.57 Å². The molecule has 0 amide bonds. The average Bonchev–Trinajstić information content (AvgIpc) is 3.04. The summed E-state index contributed by atoms with van der Waals surface area (Å²) in [5, 5.41) is 21.8. The Morgan fingerprint density at radius 3 is 2.59 bits per heavy atom. The maximum absolute atomic E-state index is 11.5. The van der Waals surface area contributed by atoms with Crippen molar-refractivity contribution in [2.24, 2.45) is 34.5 Å². The maximum atomic E-state index is 11.5. The summed E-state index contributed by atoms with van der Waals surface area (Å²) < 4.78 is 0. The van der Waals surface area contributed by atoms with Crippen LogP contribution in [0.2, 0.25) is 0 Å². The number of fused-ring (bicyclic) bond motifs is 5. The first-order valence-corrected chi connectivity index (χ1v) is 12.8. The van der Waals surface area contributed by atoms with E-state index in [1.807, 2.05) is 0 Å². The summed E-state index contributed by atoms with van der Waals surface area (Å²) in [6.07, 6.45) is 17.8. The van der Waals surface area contributed by atoms with E-state index in [0.29, 0.717) is 16.7 Å². The topological polar surface area (TPSA) is 40.5 Å². The minimum atomic E-state index is -0.501. The molecule has 0 aliphatic heterocycles. The van der Waals surface area contributed by atoms with E-state index in [2.05, 4.69) is 33.8 Å². The highest BCUT2D eigenvalue weighted by molar-refractivity contribution is 5.25. The lowest BCUT2D eigenvalue weighted by molar-refractivity contribution is -0.105. The lowest BCUT2D eigenvalue weighted by atomic mass is 9.46. The Labute approximate surface area is 179 Å². The minimum absolute atomic E-state index is 0.113. The van der Waals surface area contributed by atoms with Gasteiger partial charge in [-0.05, 0) is 99.2 Å². The van der Waals surface area contributed by atoms with E-state index in [4.69, 9.17) is 0 Å². The van der Waals surface area contributed by atoms with Crippen LogP contribution in [0.1, 0.15) is 111 Å². The SMILES string of the molecule is CCCCCCC(C)(O)[C@H]1CCC2C3CC=C4C[C@@H](O)CC[C@]4(C)C3CC[C@@]21C. The molecule has 4 rings (SSSR count). The fourth-order valence-corrected chi connectivity index (χ4v) is 8.75. The average molecular weight is 403 g/mol. The van der Waals surface area contributed by atoms with Gasteiger partial charge in [0.2, 0.25) is 0 Å². The van der Waals surface area contributed by atoms with Crippen LogP contribution in [0.25, 0.3) is 0 Å². The van der Waals surface area contributed by atoms with Crippen molar-refractivity contribution < 1.29 is 10.2 Å². The van der Waals surface area contributed by atoms with Gasteiger partial charge in [-0.25, -0.2) is 0 Å². The molecule has 0 bridgehead atoms. The van der Waals surface area contributed by atoms with Crippen LogP contribution in [-0.2, 0) is 0 Å². The molecule has 2 nitrogen and oxygen atoms in total. The van der Waals surface area contributed by atoms with Crippen LogP contribution in [0, 0.1) is 34.5 Å². The van der Waals surface area contributed by atoms with E-state index in [-0.39, 0.29) is 6.10 Å². The van der Waals surface area contributed by atoms with Crippen LogP contribution in [0.3, 0.4) is 0 Å². The molecule has 8 atom stereocenters. The van der Waals surface area contributed by atoms with Crippen LogP contribution >= 0.6 is 0 Å². The second-order valence-electron chi connectivity index (χ2n) is 12.0. The highest BCUT2D eigenvalue weighted by Gasteiger charge is 2.61. The number of aliphatic hydroxyl groups excluding tert-OH is 1. The van der Waals surface area contributed by atoms with Gasteiger partial charge in [-0.15, -0.1) is 0 Å². The normalized spacial score (nSPS) is 46.3. The van der Waals surface area contributed by atoms with Gasteiger partial charge >= 0.3 is 0 Å². The zero-order valence-corrected chi connectivity index (χ0v) is 19.6. The molecular formula is C27H46O2. The summed E-state index contributed by atoms with van der Waals surface area (Å²) in [6.45, 7) is 9.47. The van der Waals surface area contributed by atoms with Crippen molar-refractivity contribution in [2.45, 2.75) is 123 Å². The fourth-order valence-electron chi connectivity index (χ4n) is 8.75. The molecule has 3 saturated carbocycles. The van der Waals surface area contributed by atoms with E-state index < -0.39 is 5.60 Å². The molecule has 0 heterocycles. The minimum Gasteiger partial charge on any atom is -0.393 e. The zero-order valence-electron chi connectivity index (χ0n) is 19.6. The van der Waals surface area contributed by atoms with Crippen molar-refractivity contribution in [2.75, 3.05) is 0 Å². The highest BCUT2D eigenvalue weighted by Crippen LogP contribution is 2.67. The number of hydrogen-bond acceptors (Lipinski definition) is 2. The Bertz CT molecular complexity index is 622. The number of aliphatic hydroxyl groups is 2. The van der Waals surface area contributed by atoms with Crippen molar-refractivity contribution in [3.05, 3.63) is 11.6 Å². The van der Waals surface area contributed by atoms with Crippen LogP contribution < -0.4 is 0 Å². The van der Waals surface area contributed by atoms with Gasteiger partial charge in [-0.3, -0.25) is 0 Å². The molecular weight excluding hydrogens is 356 g/mol. The molecule has 0 aromatic rings. The van der Waals surface area contributed by atoms with Gasteiger partial charge in [-0.1, -0.05) is 58.1 Å². The Morgan fingerprint density at radius 2 is 1.83 bits per heavy atom. The summed E-state index contributed by atoms with van der Waals surface area (Å²) >= 11 is 0. The second-order valence-corrected chi connectivity index (χ2v) is 12.0. The first-order valence-electron chi connectivity index (χ1n) is 12.8. The summed E-state index contributed by atoms with van der Waals surface area (Å²) in [7, 11) is 0. The molecule has 0 saturated heterocycles. The number of allylic oxidation sites excluding steroid dienone is 1. The molecule has 4 aliphatic rings. The first kappa shape index (κ1) is 21.9. The maximum Gasteiger partial charge on any atom is 0.0653 e. The quantitative estimate of drug-likeness (QED) is 0.386. The van der Waals surface area contributed by atoms with Crippen LogP contribution in [0.15, 0.2) is 11.6 Å². The van der Waals surface area contributed by atoms with Crippen molar-refractivity contribution in [1.29, 1.82) is 0 Å². The summed E-state index contributed by atoms with van der Waals surface area (Å²) in [5.41, 5.74) is 1.70. The van der Waals surface area contributed by atoms with Crippen LogP contribution in [0.5, 0.6) is 0 Å². The molecule has 0 aromatic heterocycles. The van der Waals surface area contributed by atoms with Gasteiger partial charge in [0.1, 0.15) is 0 Å². The monoisotopic (exact) mass is 402 g/mol. The lowest BCUT2D eigenvalue weighted by Gasteiger charge is -2.59. The molecule has 4 unspecified atom stereocenters. The van der Waals surface area contributed by atoms with Crippen molar-refractivity contribution >= 4 is 0 Å². The van der Waals surface area contributed by atoms with Gasteiger partial charge in [-0.2, -0.15) is 0 Å². The van der Waals surface area contributed by atoms with Crippen molar-refractivity contribution in [3.8, 4) is 0 Å². The largest absolute Gasteiger partial charge is 0.393 e. The molecule has 0 radical (unpaired) electrons. The fraction of sp³-hybridized carbons (Fsp3) is 0.926. The Morgan fingerprint density at radius 1 is 1.03 bits per heavy atom. The zero-order chi connectivity index (χ0) is 20.9. The van der Waals surface area contributed by atoms with Crippen LogP contribution in [0.4, 0.5) is 0 Å². The smallest absolute Gasteiger partial charge is 0.0653 e. The predicted molar refractivity (Wildman–Crippen MR) is 121 cm³/mol. The summed E-state index contributed by atoms with van der Waals surface area (Å²) in [5.74, 6) is 2.82. The number of hydrogen-bond donors (Lipinski definition) is 2. The Kier molecular flexibility index (Phi) is 6.01. The van der Waals surface area contributed by atoms with Gasteiger partial charge in [0.25, 0.3) is 0 Å². The first-order chi connectivity index (χ1) is 13.7. The van der Waals surface area contributed by atoms with E-state index in [1.165, 1.54) is 64.2 Å². The molecule has 166 valence electrons. The third-order valence-electron chi connectivity index (χ3n) is 10.4. The lowest BCUT2D eigenvalue weighted by Crippen LogP contribution is -2.53. The molecule has 0 aromatic carbocycles.